The summed E-state index contributed by atoms with van der Waals surface area (Å²) < 4.78 is 32.5. The van der Waals surface area contributed by atoms with Gasteiger partial charge in [0.15, 0.2) is 27.1 Å². The zero-order chi connectivity index (χ0) is 17.8. The maximum absolute atomic E-state index is 11.8. The van der Waals surface area contributed by atoms with E-state index >= 15 is 0 Å². The summed E-state index contributed by atoms with van der Waals surface area (Å²) in [5.41, 5.74) is 2.35. The van der Waals surface area contributed by atoms with Gasteiger partial charge in [-0.15, -0.1) is 0 Å². The molecule has 0 unspecified atom stereocenters. The van der Waals surface area contributed by atoms with Crippen molar-refractivity contribution in [3.8, 4) is 22.8 Å². The van der Waals surface area contributed by atoms with Crippen molar-refractivity contribution in [2.75, 3.05) is 11.5 Å². The Balaban J connectivity index is 1.73. The molecule has 0 saturated carbocycles. The van der Waals surface area contributed by atoms with Gasteiger partial charge in [-0.3, -0.25) is 4.68 Å². The first-order valence-electron chi connectivity index (χ1n) is 7.94. The van der Waals surface area contributed by atoms with Crippen LogP contribution in [0.2, 0.25) is 0 Å². The molecule has 3 aromatic heterocycles. The van der Waals surface area contributed by atoms with Crippen LogP contribution in [0.5, 0.6) is 0 Å². The molecule has 1 saturated heterocycles. The quantitative estimate of drug-likeness (QED) is 0.691. The van der Waals surface area contributed by atoms with Crippen molar-refractivity contribution in [2.24, 2.45) is 7.05 Å². The van der Waals surface area contributed by atoms with E-state index in [0.29, 0.717) is 29.5 Å². The summed E-state index contributed by atoms with van der Waals surface area (Å²) in [4.78, 5) is 4.42. The third kappa shape index (κ3) is 2.76. The number of aryl methyl sites for hydroxylation is 2. The monoisotopic (exact) mass is 362 g/mol. The summed E-state index contributed by atoms with van der Waals surface area (Å²) in [6.45, 7) is 3.72. The fourth-order valence-corrected chi connectivity index (χ4v) is 4.77. The Labute approximate surface area is 144 Å². The molecular formula is C15H18N6O3S. The Kier molecular flexibility index (Phi) is 3.53. The number of rotatable bonds is 3. The minimum absolute atomic E-state index is 0.0786. The molecule has 1 fully saturated rings. The number of hydrogen-bond acceptors (Lipinski definition) is 7. The van der Waals surface area contributed by atoms with E-state index in [1.807, 2.05) is 14.0 Å². The van der Waals surface area contributed by atoms with E-state index in [1.165, 1.54) is 0 Å². The first-order chi connectivity index (χ1) is 11.8. The standard InChI is InChI=1S/C15H18N6O3S/c1-9-12(7-16-20(9)3)14-6-13(19-24-14)15-17-10(2)18-21(15)11-4-5-25(22,23)8-11/h6-7,11H,4-5,8H2,1-3H3/t11-/m1/s1. The third-order valence-corrected chi connectivity index (χ3v) is 6.28. The summed E-state index contributed by atoms with van der Waals surface area (Å²) in [7, 11) is -1.16. The van der Waals surface area contributed by atoms with E-state index in [2.05, 4.69) is 20.3 Å². The smallest absolute Gasteiger partial charge is 0.180 e. The van der Waals surface area contributed by atoms with Crippen LogP contribution in [0.3, 0.4) is 0 Å². The minimum atomic E-state index is -3.02. The first-order valence-corrected chi connectivity index (χ1v) is 9.76. The van der Waals surface area contributed by atoms with Crippen LogP contribution in [0.4, 0.5) is 0 Å². The predicted octanol–water partition coefficient (Wildman–Crippen LogP) is 1.31. The van der Waals surface area contributed by atoms with Gasteiger partial charge < -0.3 is 4.52 Å². The average Bonchev–Trinajstić information content (AvgIpc) is 3.29. The van der Waals surface area contributed by atoms with Crippen molar-refractivity contribution < 1.29 is 12.9 Å². The van der Waals surface area contributed by atoms with E-state index in [4.69, 9.17) is 4.52 Å². The van der Waals surface area contributed by atoms with Crippen LogP contribution >= 0.6 is 0 Å². The number of sulfone groups is 1. The molecule has 0 aromatic carbocycles. The Bertz CT molecular complexity index is 1050. The largest absolute Gasteiger partial charge is 0.355 e. The highest BCUT2D eigenvalue weighted by atomic mass is 32.2. The molecule has 0 bridgehead atoms. The van der Waals surface area contributed by atoms with Crippen LogP contribution in [0, 0.1) is 13.8 Å². The van der Waals surface area contributed by atoms with E-state index in [9.17, 15) is 8.42 Å². The van der Waals surface area contributed by atoms with Gasteiger partial charge >= 0.3 is 0 Å². The van der Waals surface area contributed by atoms with E-state index < -0.39 is 9.84 Å². The van der Waals surface area contributed by atoms with Crippen molar-refractivity contribution >= 4 is 9.84 Å². The molecule has 4 rings (SSSR count). The van der Waals surface area contributed by atoms with Crippen molar-refractivity contribution in [2.45, 2.75) is 26.3 Å². The van der Waals surface area contributed by atoms with Crippen molar-refractivity contribution in [1.82, 2.24) is 29.7 Å². The lowest BCUT2D eigenvalue weighted by Crippen LogP contribution is -2.14. The second-order valence-corrected chi connectivity index (χ2v) is 8.56. The van der Waals surface area contributed by atoms with Gasteiger partial charge in [0.25, 0.3) is 0 Å². The van der Waals surface area contributed by atoms with Gasteiger partial charge in [0.1, 0.15) is 5.82 Å². The average molecular weight is 362 g/mol. The molecule has 0 aliphatic carbocycles. The minimum Gasteiger partial charge on any atom is -0.355 e. The Morgan fingerprint density at radius 1 is 1.32 bits per heavy atom. The Morgan fingerprint density at radius 3 is 2.76 bits per heavy atom. The fourth-order valence-electron chi connectivity index (χ4n) is 3.08. The van der Waals surface area contributed by atoms with E-state index in [1.54, 1.807) is 28.6 Å². The molecule has 0 N–H and O–H groups in total. The van der Waals surface area contributed by atoms with Crippen LogP contribution in [0.15, 0.2) is 16.8 Å². The highest BCUT2D eigenvalue weighted by molar-refractivity contribution is 7.91. The molecule has 25 heavy (non-hydrogen) atoms. The van der Waals surface area contributed by atoms with Crippen LogP contribution < -0.4 is 0 Å². The maximum atomic E-state index is 11.8. The summed E-state index contributed by atoms with van der Waals surface area (Å²) >= 11 is 0. The molecule has 1 aliphatic heterocycles. The number of nitrogens with zero attached hydrogens (tertiary/aromatic N) is 6. The lowest BCUT2D eigenvalue weighted by atomic mass is 10.2. The first kappa shape index (κ1) is 16.0. The molecule has 0 spiro atoms. The van der Waals surface area contributed by atoms with Gasteiger partial charge in [0.2, 0.25) is 0 Å². The van der Waals surface area contributed by atoms with Gasteiger partial charge in [-0.05, 0) is 20.3 Å². The molecule has 1 aliphatic rings. The van der Waals surface area contributed by atoms with Crippen LogP contribution in [0.1, 0.15) is 24.0 Å². The predicted molar refractivity (Wildman–Crippen MR) is 89.5 cm³/mol. The highest BCUT2D eigenvalue weighted by Crippen LogP contribution is 2.31. The van der Waals surface area contributed by atoms with Crippen LogP contribution in [-0.4, -0.2) is 49.6 Å². The van der Waals surface area contributed by atoms with Gasteiger partial charge in [-0.1, -0.05) is 5.16 Å². The summed E-state index contributed by atoms with van der Waals surface area (Å²) in [5.74, 6) is 1.94. The van der Waals surface area contributed by atoms with Crippen molar-refractivity contribution in [3.63, 3.8) is 0 Å². The SMILES string of the molecule is Cc1nc(-c2cc(-c3cnn(C)c3C)on2)n([C@@H]2CCS(=O)(=O)C2)n1. The lowest BCUT2D eigenvalue weighted by molar-refractivity contribution is 0.431. The second-order valence-electron chi connectivity index (χ2n) is 6.33. The van der Waals surface area contributed by atoms with Crippen LogP contribution in [0.25, 0.3) is 22.8 Å². The molecule has 3 aromatic rings. The fraction of sp³-hybridized carbons (Fsp3) is 0.467. The molecule has 0 radical (unpaired) electrons. The molecule has 1 atom stereocenters. The van der Waals surface area contributed by atoms with Gasteiger partial charge in [-0.25, -0.2) is 18.1 Å². The Morgan fingerprint density at radius 2 is 2.12 bits per heavy atom. The summed E-state index contributed by atoms with van der Waals surface area (Å²) in [6, 6.07) is 1.56. The molecular weight excluding hydrogens is 344 g/mol. The number of aromatic nitrogens is 6. The molecule has 132 valence electrons. The van der Waals surface area contributed by atoms with Crippen molar-refractivity contribution in [1.29, 1.82) is 0 Å². The number of hydrogen-bond donors (Lipinski definition) is 0. The van der Waals surface area contributed by atoms with Gasteiger partial charge in [0, 0.05) is 18.8 Å². The molecule has 10 heteroatoms. The third-order valence-electron chi connectivity index (χ3n) is 4.53. The second kappa shape index (κ2) is 5.51. The van der Waals surface area contributed by atoms with Gasteiger partial charge in [0.05, 0.1) is 29.3 Å². The van der Waals surface area contributed by atoms with Crippen molar-refractivity contribution in [3.05, 3.63) is 23.8 Å². The zero-order valence-electron chi connectivity index (χ0n) is 14.2. The van der Waals surface area contributed by atoms with E-state index in [-0.39, 0.29) is 17.5 Å². The normalized spacial score (nSPS) is 19.6. The van der Waals surface area contributed by atoms with Crippen LogP contribution in [-0.2, 0) is 16.9 Å². The maximum Gasteiger partial charge on any atom is 0.180 e. The molecule has 9 nitrogen and oxygen atoms in total. The molecule has 0 amide bonds. The van der Waals surface area contributed by atoms with Gasteiger partial charge in [-0.2, -0.15) is 10.2 Å². The highest BCUT2D eigenvalue weighted by Gasteiger charge is 2.32. The Hall–Kier alpha value is -2.49. The lowest BCUT2D eigenvalue weighted by Gasteiger charge is -2.09. The van der Waals surface area contributed by atoms with E-state index in [0.717, 1.165) is 11.3 Å². The molecule has 4 heterocycles. The zero-order valence-corrected chi connectivity index (χ0v) is 15.0. The summed E-state index contributed by atoms with van der Waals surface area (Å²) in [5, 5.41) is 12.7. The summed E-state index contributed by atoms with van der Waals surface area (Å²) in [6.07, 6.45) is 2.25. The topological polar surface area (TPSA) is 109 Å².